The normalized spacial score (nSPS) is 13.0. The van der Waals surface area contributed by atoms with Gasteiger partial charge in [0.15, 0.2) is 5.82 Å². The Hall–Kier alpha value is -1.10. The second-order valence-electron chi connectivity index (χ2n) is 2.71. The minimum atomic E-state index is -1.35. The van der Waals surface area contributed by atoms with Crippen molar-refractivity contribution >= 4 is 0 Å². The fourth-order valence-corrected chi connectivity index (χ4v) is 0.889. The summed E-state index contributed by atoms with van der Waals surface area (Å²) < 4.78 is 37.8. The van der Waals surface area contributed by atoms with E-state index in [1.54, 1.807) is 0 Å². The molecule has 1 atom stereocenters. The zero-order valence-electron chi connectivity index (χ0n) is 6.89. The van der Waals surface area contributed by atoms with Gasteiger partial charge in [0.05, 0.1) is 12.3 Å². The molecule has 1 N–H and O–H groups in total. The van der Waals surface area contributed by atoms with Crippen LogP contribution in [0.2, 0.25) is 0 Å². The summed E-state index contributed by atoms with van der Waals surface area (Å²) >= 11 is 0. The number of aromatic nitrogens is 1. The van der Waals surface area contributed by atoms with E-state index in [2.05, 4.69) is 4.98 Å². The summed E-state index contributed by atoms with van der Waals surface area (Å²) in [6.07, 6.45) is 0. The summed E-state index contributed by atoms with van der Waals surface area (Å²) in [4.78, 5) is 3.07. The van der Waals surface area contributed by atoms with Crippen molar-refractivity contribution in [3.8, 4) is 0 Å². The molecule has 0 aromatic carbocycles. The Morgan fingerprint density at radius 1 is 1.38 bits per heavy atom. The maximum Gasteiger partial charge on any atom is 0.249 e. The van der Waals surface area contributed by atoms with E-state index in [9.17, 15) is 13.2 Å². The molecule has 1 rings (SSSR count). The van der Waals surface area contributed by atoms with Gasteiger partial charge in [-0.3, -0.25) is 0 Å². The summed E-state index contributed by atoms with van der Waals surface area (Å²) in [5.74, 6) is -4.27. The first-order valence-corrected chi connectivity index (χ1v) is 3.68. The van der Waals surface area contributed by atoms with Gasteiger partial charge in [-0.15, -0.1) is 0 Å². The molecule has 0 aliphatic carbocycles. The molecule has 0 bridgehead atoms. The Balaban J connectivity index is 3.15. The van der Waals surface area contributed by atoms with Crippen LogP contribution in [0.1, 0.15) is 18.5 Å². The second kappa shape index (κ2) is 3.74. The topological polar surface area (TPSA) is 33.1 Å². The number of pyridine rings is 1. The smallest absolute Gasteiger partial charge is 0.249 e. The van der Waals surface area contributed by atoms with Crippen molar-refractivity contribution in [2.24, 2.45) is 0 Å². The quantitative estimate of drug-likeness (QED) is 0.720. The highest BCUT2D eigenvalue weighted by molar-refractivity contribution is 5.13. The second-order valence-corrected chi connectivity index (χ2v) is 2.71. The molecule has 5 heteroatoms. The first-order valence-electron chi connectivity index (χ1n) is 3.68. The maximum absolute atomic E-state index is 12.9. The molecule has 72 valence electrons. The average Bonchev–Trinajstić information content (AvgIpc) is 2.10. The summed E-state index contributed by atoms with van der Waals surface area (Å²) in [7, 11) is 0. The van der Waals surface area contributed by atoms with Crippen LogP contribution in [-0.2, 0) is 0 Å². The van der Waals surface area contributed by atoms with E-state index in [4.69, 9.17) is 5.11 Å². The maximum atomic E-state index is 12.9. The highest BCUT2D eigenvalue weighted by Gasteiger charge is 2.16. The SMILES string of the molecule is C[C@H](CO)c1nc(F)c(F)cc1F. The molecule has 2 nitrogen and oxygen atoms in total. The van der Waals surface area contributed by atoms with Crippen molar-refractivity contribution in [3.63, 3.8) is 0 Å². The van der Waals surface area contributed by atoms with Gasteiger partial charge in [-0.1, -0.05) is 6.92 Å². The van der Waals surface area contributed by atoms with Gasteiger partial charge in [-0.2, -0.15) is 4.39 Å². The Bertz CT molecular complexity index is 317. The number of aliphatic hydroxyl groups excluding tert-OH is 1. The highest BCUT2D eigenvalue weighted by atomic mass is 19.2. The zero-order valence-corrected chi connectivity index (χ0v) is 6.89. The molecule has 0 saturated carbocycles. The number of nitrogens with zero attached hydrogens (tertiary/aromatic N) is 1. The molecule has 0 amide bonds. The van der Waals surface area contributed by atoms with Crippen LogP contribution in [-0.4, -0.2) is 16.7 Å². The lowest BCUT2D eigenvalue weighted by Crippen LogP contribution is -2.07. The highest BCUT2D eigenvalue weighted by Crippen LogP contribution is 2.17. The lowest BCUT2D eigenvalue weighted by molar-refractivity contribution is 0.266. The van der Waals surface area contributed by atoms with Gasteiger partial charge >= 0.3 is 0 Å². The first-order chi connectivity index (χ1) is 6.06. The molecule has 0 aliphatic rings. The van der Waals surface area contributed by atoms with E-state index in [0.717, 1.165) is 0 Å². The molecular formula is C8H8F3NO. The molecule has 0 spiro atoms. The minimum absolute atomic E-state index is 0.263. The van der Waals surface area contributed by atoms with Gasteiger partial charge in [0.1, 0.15) is 5.82 Å². The number of aliphatic hydroxyl groups is 1. The summed E-state index contributed by atoms with van der Waals surface area (Å²) in [6, 6.07) is 0.420. The predicted octanol–water partition coefficient (Wildman–Crippen LogP) is 1.59. The fourth-order valence-electron chi connectivity index (χ4n) is 0.889. The summed E-state index contributed by atoms with van der Waals surface area (Å²) in [5.41, 5.74) is -0.263. The van der Waals surface area contributed by atoms with E-state index in [-0.39, 0.29) is 12.3 Å². The molecule has 0 aliphatic heterocycles. The minimum Gasteiger partial charge on any atom is -0.396 e. The van der Waals surface area contributed by atoms with Gasteiger partial charge in [0, 0.05) is 12.0 Å². The van der Waals surface area contributed by atoms with E-state index in [0.29, 0.717) is 6.07 Å². The van der Waals surface area contributed by atoms with E-state index >= 15 is 0 Å². The molecule has 0 radical (unpaired) electrons. The van der Waals surface area contributed by atoms with Crippen molar-refractivity contribution in [2.75, 3.05) is 6.61 Å². The van der Waals surface area contributed by atoms with Gasteiger partial charge in [0.2, 0.25) is 5.95 Å². The molecule has 1 aromatic heterocycles. The van der Waals surface area contributed by atoms with Crippen molar-refractivity contribution in [1.82, 2.24) is 4.98 Å². The molecule has 0 unspecified atom stereocenters. The van der Waals surface area contributed by atoms with Crippen molar-refractivity contribution in [2.45, 2.75) is 12.8 Å². The number of halogens is 3. The summed E-state index contributed by atoms with van der Waals surface area (Å²) in [6.45, 7) is 1.09. The lowest BCUT2D eigenvalue weighted by atomic mass is 10.1. The van der Waals surface area contributed by atoms with Crippen LogP contribution in [0.4, 0.5) is 13.2 Å². The van der Waals surface area contributed by atoms with Crippen LogP contribution in [0.3, 0.4) is 0 Å². The zero-order chi connectivity index (χ0) is 10.0. The van der Waals surface area contributed by atoms with Crippen LogP contribution in [0.15, 0.2) is 6.07 Å². The largest absolute Gasteiger partial charge is 0.396 e. The predicted molar refractivity (Wildman–Crippen MR) is 39.6 cm³/mol. The molecule has 0 fully saturated rings. The average molecular weight is 191 g/mol. The lowest BCUT2D eigenvalue weighted by Gasteiger charge is -2.08. The van der Waals surface area contributed by atoms with Crippen LogP contribution < -0.4 is 0 Å². The van der Waals surface area contributed by atoms with Gasteiger partial charge in [0.25, 0.3) is 0 Å². The number of hydrogen-bond acceptors (Lipinski definition) is 2. The molecule has 1 heterocycles. The molecular weight excluding hydrogens is 183 g/mol. The van der Waals surface area contributed by atoms with E-state index in [1.165, 1.54) is 6.92 Å². The first kappa shape index (κ1) is 9.98. The van der Waals surface area contributed by atoms with Crippen LogP contribution in [0.5, 0.6) is 0 Å². The third kappa shape index (κ3) is 1.98. The Labute approximate surface area is 73.0 Å². The van der Waals surface area contributed by atoms with Crippen molar-refractivity contribution in [1.29, 1.82) is 0 Å². The van der Waals surface area contributed by atoms with E-state index in [1.807, 2.05) is 0 Å². The van der Waals surface area contributed by atoms with E-state index < -0.39 is 23.5 Å². The number of rotatable bonds is 2. The third-order valence-corrected chi connectivity index (χ3v) is 1.65. The summed E-state index contributed by atoms with van der Waals surface area (Å²) in [5, 5.41) is 8.65. The van der Waals surface area contributed by atoms with Crippen LogP contribution in [0, 0.1) is 17.6 Å². The third-order valence-electron chi connectivity index (χ3n) is 1.65. The number of hydrogen-bond donors (Lipinski definition) is 1. The van der Waals surface area contributed by atoms with Crippen LogP contribution >= 0.6 is 0 Å². The molecule has 1 aromatic rings. The van der Waals surface area contributed by atoms with Crippen LogP contribution in [0.25, 0.3) is 0 Å². The fraction of sp³-hybridized carbons (Fsp3) is 0.375. The van der Waals surface area contributed by atoms with Crippen molar-refractivity contribution < 1.29 is 18.3 Å². The molecule has 0 saturated heterocycles. The Morgan fingerprint density at radius 2 is 2.00 bits per heavy atom. The van der Waals surface area contributed by atoms with Gasteiger partial charge in [-0.05, 0) is 0 Å². The van der Waals surface area contributed by atoms with Gasteiger partial charge in [-0.25, -0.2) is 13.8 Å². The van der Waals surface area contributed by atoms with Crippen molar-refractivity contribution in [3.05, 3.63) is 29.3 Å². The molecule has 13 heavy (non-hydrogen) atoms. The monoisotopic (exact) mass is 191 g/mol. The standard InChI is InChI=1S/C8H8F3NO/c1-4(3-13)7-5(9)2-6(10)8(11)12-7/h2,4,13H,3H2,1H3/t4-/m1/s1. The Kier molecular flexibility index (Phi) is 2.87. The van der Waals surface area contributed by atoms with Gasteiger partial charge < -0.3 is 5.11 Å². The Morgan fingerprint density at radius 3 is 2.54 bits per heavy atom.